The first-order valence-electron chi connectivity index (χ1n) is 9.69. The highest BCUT2D eigenvalue weighted by Gasteiger charge is 2.09. The zero-order valence-corrected chi connectivity index (χ0v) is 17.0. The monoisotopic (exact) mass is 420 g/mol. The molecule has 0 bridgehead atoms. The van der Waals surface area contributed by atoms with Crippen molar-refractivity contribution < 1.29 is 4.79 Å². The van der Waals surface area contributed by atoms with Crippen molar-refractivity contribution in [1.29, 1.82) is 0 Å². The Morgan fingerprint density at radius 3 is 2.84 bits per heavy atom. The fraction of sp³-hybridized carbons (Fsp3) is 0.0435. The highest BCUT2D eigenvalue weighted by Crippen LogP contribution is 2.18. The Morgan fingerprint density at radius 1 is 1.03 bits per heavy atom. The van der Waals surface area contributed by atoms with Gasteiger partial charge in [-0.15, -0.1) is 0 Å². The Hall–Kier alpha value is -4.84. The summed E-state index contributed by atoms with van der Waals surface area (Å²) in [6, 6.07) is 11.0. The molecule has 154 valence electrons. The maximum atomic E-state index is 12.8. The molecular weight excluding hydrogens is 404 g/mol. The molecule has 0 spiro atoms. The van der Waals surface area contributed by atoms with Gasteiger partial charge in [-0.3, -0.25) is 9.78 Å². The summed E-state index contributed by atoms with van der Waals surface area (Å²) >= 11 is 0. The third kappa shape index (κ3) is 3.93. The van der Waals surface area contributed by atoms with Gasteiger partial charge in [0.25, 0.3) is 5.91 Å². The number of nitrogens with one attached hydrogen (secondary N) is 1. The first-order valence-corrected chi connectivity index (χ1v) is 9.69. The molecule has 0 radical (unpaired) electrons. The van der Waals surface area contributed by atoms with E-state index in [1.807, 2.05) is 37.3 Å². The van der Waals surface area contributed by atoms with Crippen molar-refractivity contribution in [3.8, 4) is 17.5 Å². The molecule has 0 aliphatic carbocycles. The van der Waals surface area contributed by atoms with Gasteiger partial charge in [-0.2, -0.15) is 10.2 Å². The molecule has 0 saturated heterocycles. The number of nitrogens with zero attached hydrogens (tertiary/aromatic N) is 7. The fourth-order valence-electron chi connectivity index (χ4n) is 3.20. The number of imidazole rings is 1. The van der Waals surface area contributed by atoms with Gasteiger partial charge in [-0.25, -0.2) is 19.2 Å². The highest BCUT2D eigenvalue weighted by molar-refractivity contribution is 6.04. The Labute approximate surface area is 182 Å². The van der Waals surface area contributed by atoms with Crippen LogP contribution in [-0.2, 0) is 0 Å². The number of benzene rings is 1. The maximum Gasteiger partial charge on any atom is 0.257 e. The predicted octanol–water partition coefficient (Wildman–Crippen LogP) is 2.67. The Balaban J connectivity index is 1.38. The molecule has 0 aliphatic heterocycles. The molecular formula is C23H16N8O. The molecule has 0 saturated carbocycles. The SMILES string of the molecule is Cc1cc(NC(=O)c2cncc(C#Cc3cnc4cccnn34)c2)cc(-n2cncn2)c1. The second-order valence-electron chi connectivity index (χ2n) is 7.00. The highest BCUT2D eigenvalue weighted by atomic mass is 16.1. The zero-order chi connectivity index (χ0) is 21.9. The van der Waals surface area contributed by atoms with Crippen LogP contribution >= 0.6 is 0 Å². The van der Waals surface area contributed by atoms with Crippen molar-refractivity contribution in [2.45, 2.75) is 6.92 Å². The van der Waals surface area contributed by atoms with Gasteiger partial charge in [0.1, 0.15) is 18.3 Å². The van der Waals surface area contributed by atoms with E-state index >= 15 is 0 Å². The molecule has 0 atom stereocenters. The van der Waals surface area contributed by atoms with Crippen LogP contribution < -0.4 is 5.32 Å². The summed E-state index contributed by atoms with van der Waals surface area (Å²) in [7, 11) is 0. The minimum atomic E-state index is -0.284. The van der Waals surface area contributed by atoms with E-state index in [0.29, 0.717) is 28.2 Å². The lowest BCUT2D eigenvalue weighted by atomic mass is 10.1. The number of aromatic nitrogens is 7. The number of hydrogen-bond donors (Lipinski definition) is 1. The van der Waals surface area contributed by atoms with Crippen molar-refractivity contribution in [1.82, 2.24) is 34.3 Å². The Kier molecular flexibility index (Phi) is 4.86. The summed E-state index contributed by atoms with van der Waals surface area (Å²) < 4.78 is 3.29. The van der Waals surface area contributed by atoms with Crippen LogP contribution in [0, 0.1) is 18.8 Å². The molecule has 4 aromatic heterocycles. The molecule has 1 amide bonds. The number of fused-ring (bicyclic) bond motifs is 1. The quantitative estimate of drug-likeness (QED) is 0.450. The van der Waals surface area contributed by atoms with Crippen molar-refractivity contribution in [2.24, 2.45) is 0 Å². The summed E-state index contributed by atoms with van der Waals surface area (Å²) in [5.74, 6) is 5.77. The summed E-state index contributed by atoms with van der Waals surface area (Å²) in [5.41, 5.74) is 4.80. The van der Waals surface area contributed by atoms with Crippen LogP contribution in [0.4, 0.5) is 5.69 Å². The van der Waals surface area contributed by atoms with Crippen molar-refractivity contribution in [3.05, 3.63) is 96.2 Å². The Morgan fingerprint density at radius 2 is 1.97 bits per heavy atom. The van der Waals surface area contributed by atoms with Crippen molar-refractivity contribution in [2.75, 3.05) is 5.32 Å². The number of carbonyl (C=O) groups is 1. The first kappa shape index (κ1) is 19.1. The van der Waals surface area contributed by atoms with E-state index < -0.39 is 0 Å². The van der Waals surface area contributed by atoms with E-state index in [0.717, 1.165) is 11.3 Å². The maximum absolute atomic E-state index is 12.8. The van der Waals surface area contributed by atoms with Gasteiger partial charge in [-0.05, 0) is 54.8 Å². The first-order chi connectivity index (χ1) is 15.7. The Bertz CT molecular complexity index is 1490. The zero-order valence-electron chi connectivity index (χ0n) is 17.0. The van der Waals surface area contributed by atoms with Crippen molar-refractivity contribution >= 4 is 17.2 Å². The van der Waals surface area contributed by atoms with Gasteiger partial charge in [0.2, 0.25) is 0 Å². The minimum Gasteiger partial charge on any atom is -0.322 e. The molecule has 0 aliphatic rings. The summed E-state index contributed by atoms with van der Waals surface area (Å²) in [4.78, 5) is 25.2. The number of hydrogen-bond acceptors (Lipinski definition) is 6. The molecule has 5 rings (SSSR count). The predicted molar refractivity (Wildman–Crippen MR) is 117 cm³/mol. The molecule has 5 aromatic rings. The van der Waals surface area contributed by atoms with E-state index in [4.69, 9.17) is 0 Å². The van der Waals surface area contributed by atoms with Crippen LogP contribution in [0.15, 0.2) is 73.8 Å². The average molecular weight is 420 g/mol. The second kappa shape index (κ2) is 8.12. The van der Waals surface area contributed by atoms with Crippen LogP contribution in [0.2, 0.25) is 0 Å². The topological polar surface area (TPSA) is 103 Å². The normalized spacial score (nSPS) is 10.5. The van der Waals surface area contributed by atoms with E-state index in [1.165, 1.54) is 12.5 Å². The molecule has 0 unspecified atom stereocenters. The average Bonchev–Trinajstić information content (AvgIpc) is 3.48. The molecule has 4 heterocycles. The van der Waals surface area contributed by atoms with Crippen LogP contribution in [-0.4, -0.2) is 40.3 Å². The van der Waals surface area contributed by atoms with Gasteiger partial charge in [0, 0.05) is 29.8 Å². The molecule has 32 heavy (non-hydrogen) atoms. The molecule has 1 aromatic carbocycles. The second-order valence-corrected chi connectivity index (χ2v) is 7.00. The minimum absolute atomic E-state index is 0.284. The van der Waals surface area contributed by atoms with E-state index in [9.17, 15) is 4.79 Å². The molecule has 9 heteroatoms. The third-order valence-corrected chi connectivity index (χ3v) is 4.62. The van der Waals surface area contributed by atoms with Crippen LogP contribution in [0.5, 0.6) is 0 Å². The lowest BCUT2D eigenvalue weighted by Crippen LogP contribution is -2.13. The number of carbonyl (C=O) groups excluding carboxylic acids is 1. The molecule has 1 N–H and O–H groups in total. The van der Waals surface area contributed by atoms with Crippen LogP contribution in [0.3, 0.4) is 0 Å². The molecule has 0 fully saturated rings. The van der Waals surface area contributed by atoms with Gasteiger partial charge in [-0.1, -0.05) is 5.92 Å². The molecule has 9 nitrogen and oxygen atoms in total. The number of pyridine rings is 1. The van der Waals surface area contributed by atoms with Gasteiger partial charge in [0.05, 0.1) is 17.4 Å². The fourth-order valence-corrected chi connectivity index (χ4v) is 3.20. The number of rotatable bonds is 3. The van der Waals surface area contributed by atoms with E-state index in [2.05, 4.69) is 42.3 Å². The van der Waals surface area contributed by atoms with Gasteiger partial charge < -0.3 is 5.32 Å². The van der Waals surface area contributed by atoms with Gasteiger partial charge >= 0.3 is 0 Å². The number of amides is 1. The van der Waals surface area contributed by atoms with Crippen molar-refractivity contribution in [3.63, 3.8) is 0 Å². The lowest BCUT2D eigenvalue weighted by Gasteiger charge is -2.09. The standard InChI is InChI=1S/C23H16N8O/c1-16-7-19(10-21(8-16)30-15-25-14-28-30)29-23(32)18-9-17(11-24-12-18)4-5-20-13-26-22-3-2-6-27-31(20)22/h2-3,6-15H,1H3,(H,29,32). The van der Waals surface area contributed by atoms with E-state index in [-0.39, 0.29) is 5.91 Å². The van der Waals surface area contributed by atoms with Gasteiger partial charge in [0.15, 0.2) is 5.65 Å². The van der Waals surface area contributed by atoms with Crippen LogP contribution in [0.1, 0.15) is 27.2 Å². The van der Waals surface area contributed by atoms with Crippen LogP contribution in [0.25, 0.3) is 11.3 Å². The van der Waals surface area contributed by atoms with E-state index in [1.54, 1.807) is 40.2 Å². The number of aryl methyl sites for hydroxylation is 1. The number of anilines is 1. The largest absolute Gasteiger partial charge is 0.322 e. The smallest absolute Gasteiger partial charge is 0.257 e. The summed E-state index contributed by atoms with van der Waals surface area (Å²) in [6.07, 6.45) is 9.50. The lowest BCUT2D eigenvalue weighted by molar-refractivity contribution is 0.102. The summed E-state index contributed by atoms with van der Waals surface area (Å²) in [6.45, 7) is 1.95. The summed E-state index contributed by atoms with van der Waals surface area (Å²) in [5, 5.41) is 11.3. The third-order valence-electron chi connectivity index (χ3n) is 4.62.